The van der Waals surface area contributed by atoms with Crippen molar-refractivity contribution in [1.29, 1.82) is 0 Å². The van der Waals surface area contributed by atoms with Gasteiger partial charge in [0.05, 0.1) is 19.2 Å². The molecule has 0 radical (unpaired) electrons. The number of nitrogens with one attached hydrogen (secondary N) is 3. The van der Waals surface area contributed by atoms with Gasteiger partial charge in [-0.05, 0) is 30.2 Å². The number of hydrogen-bond donors (Lipinski definition) is 3. The number of pyridine rings is 1. The summed E-state index contributed by atoms with van der Waals surface area (Å²) in [7, 11) is 3.02. The third-order valence-corrected chi connectivity index (χ3v) is 5.31. The van der Waals surface area contributed by atoms with E-state index in [0.717, 1.165) is 19.3 Å². The van der Waals surface area contributed by atoms with Crippen molar-refractivity contribution in [3.8, 4) is 11.5 Å². The van der Waals surface area contributed by atoms with Crippen molar-refractivity contribution in [2.45, 2.75) is 32.2 Å². The minimum atomic E-state index is -0.938. The van der Waals surface area contributed by atoms with Crippen molar-refractivity contribution in [3.05, 3.63) is 70.0 Å². The maximum absolute atomic E-state index is 13.0. The van der Waals surface area contributed by atoms with E-state index in [2.05, 4.69) is 22.5 Å². The predicted molar refractivity (Wildman–Crippen MR) is 127 cm³/mol. The first-order valence-electron chi connectivity index (χ1n) is 10.9. The van der Waals surface area contributed by atoms with Crippen LogP contribution in [0.1, 0.15) is 48.1 Å². The smallest absolute Gasteiger partial charge is 0.261 e. The van der Waals surface area contributed by atoms with Crippen LogP contribution in [0, 0.1) is 0 Å². The molecule has 1 atom stereocenters. The molecule has 8 nitrogen and oxygen atoms in total. The van der Waals surface area contributed by atoms with E-state index in [1.165, 1.54) is 20.2 Å². The van der Waals surface area contributed by atoms with Crippen LogP contribution in [-0.2, 0) is 4.79 Å². The fourth-order valence-corrected chi connectivity index (χ4v) is 3.53. The molecule has 3 N–H and O–H groups in total. The lowest BCUT2D eigenvalue weighted by Gasteiger charge is -2.18. The van der Waals surface area contributed by atoms with Crippen molar-refractivity contribution in [3.63, 3.8) is 0 Å². The Kier molecular flexibility index (Phi) is 8.07. The summed E-state index contributed by atoms with van der Waals surface area (Å²) in [4.78, 5) is 41.0. The van der Waals surface area contributed by atoms with Gasteiger partial charge in [0.25, 0.3) is 11.5 Å². The van der Waals surface area contributed by atoms with E-state index < -0.39 is 17.5 Å². The summed E-state index contributed by atoms with van der Waals surface area (Å²) in [5.41, 5.74) is 0.373. The molecule has 8 heteroatoms. The average molecular weight is 452 g/mol. The number of likely N-dealkylation sites (N-methyl/N-ethyl adjacent to an activating group) is 1. The number of carbonyl (C=O) groups is 2. The van der Waals surface area contributed by atoms with Crippen LogP contribution in [0.25, 0.3) is 10.9 Å². The molecule has 0 saturated heterocycles. The van der Waals surface area contributed by atoms with Gasteiger partial charge in [-0.25, -0.2) is 0 Å². The van der Waals surface area contributed by atoms with Crippen LogP contribution in [0.3, 0.4) is 0 Å². The molecule has 2 aromatic carbocycles. The first-order valence-corrected chi connectivity index (χ1v) is 10.9. The minimum absolute atomic E-state index is 0.102. The van der Waals surface area contributed by atoms with Crippen LogP contribution in [0.5, 0.6) is 11.5 Å². The Morgan fingerprint density at radius 2 is 1.85 bits per heavy atom. The Morgan fingerprint density at radius 3 is 2.52 bits per heavy atom. The zero-order chi connectivity index (χ0) is 23.8. The van der Waals surface area contributed by atoms with Crippen molar-refractivity contribution < 1.29 is 19.1 Å². The molecule has 0 spiro atoms. The highest BCUT2D eigenvalue weighted by Crippen LogP contribution is 2.34. The zero-order valence-electron chi connectivity index (χ0n) is 19.1. The Labute approximate surface area is 192 Å². The molecule has 1 aromatic heterocycles. The fraction of sp³-hybridized carbons (Fsp3) is 0.320. The summed E-state index contributed by atoms with van der Waals surface area (Å²) in [6, 6.07) is 12.9. The number of methoxy groups -OCH3 is 1. The number of aromatic amines is 1. The van der Waals surface area contributed by atoms with Crippen LogP contribution in [0.4, 0.5) is 0 Å². The van der Waals surface area contributed by atoms with Gasteiger partial charge in [-0.1, -0.05) is 50.1 Å². The Bertz CT molecular complexity index is 1170. The molecule has 174 valence electrons. The summed E-state index contributed by atoms with van der Waals surface area (Å²) >= 11 is 0. The van der Waals surface area contributed by atoms with Gasteiger partial charge in [-0.2, -0.15) is 0 Å². The quantitative estimate of drug-likeness (QED) is 0.410. The highest BCUT2D eigenvalue weighted by atomic mass is 16.5. The normalized spacial score (nSPS) is 11.6. The van der Waals surface area contributed by atoms with Crippen molar-refractivity contribution in [2.75, 3.05) is 20.8 Å². The second-order valence-electron chi connectivity index (χ2n) is 7.56. The van der Waals surface area contributed by atoms with E-state index in [4.69, 9.17) is 9.47 Å². The Balaban J connectivity index is 1.94. The molecule has 33 heavy (non-hydrogen) atoms. The summed E-state index contributed by atoms with van der Waals surface area (Å²) < 4.78 is 11.3. The number of amides is 2. The van der Waals surface area contributed by atoms with E-state index >= 15 is 0 Å². The highest BCUT2D eigenvalue weighted by molar-refractivity contribution is 6.00. The molecule has 0 saturated carbocycles. The van der Waals surface area contributed by atoms with Gasteiger partial charge in [0.1, 0.15) is 11.6 Å². The van der Waals surface area contributed by atoms with E-state index in [0.29, 0.717) is 34.6 Å². The lowest BCUT2D eigenvalue weighted by molar-refractivity contribution is -0.122. The SMILES string of the molecule is CCCCCOc1c(OC)ccc2cc(C(=O)NC(C(=O)NC)c3ccccc3)c(=O)[nH]c12. The largest absolute Gasteiger partial charge is 0.493 e. The number of H-pyrrole nitrogens is 1. The molecular weight excluding hydrogens is 422 g/mol. The van der Waals surface area contributed by atoms with Crippen LogP contribution in [0.2, 0.25) is 0 Å². The van der Waals surface area contributed by atoms with Gasteiger partial charge in [0.2, 0.25) is 5.91 Å². The van der Waals surface area contributed by atoms with Gasteiger partial charge in [-0.3, -0.25) is 14.4 Å². The van der Waals surface area contributed by atoms with Gasteiger partial charge >= 0.3 is 0 Å². The number of aromatic nitrogens is 1. The van der Waals surface area contributed by atoms with Gasteiger partial charge < -0.3 is 25.1 Å². The number of rotatable bonds is 10. The van der Waals surface area contributed by atoms with Crippen LogP contribution >= 0.6 is 0 Å². The molecular formula is C25H29N3O5. The summed E-state index contributed by atoms with van der Waals surface area (Å²) in [6.45, 7) is 2.59. The van der Waals surface area contributed by atoms with Gasteiger partial charge in [0, 0.05) is 12.4 Å². The Morgan fingerprint density at radius 1 is 1.09 bits per heavy atom. The summed E-state index contributed by atoms with van der Waals surface area (Å²) in [6.07, 6.45) is 2.97. The first-order chi connectivity index (χ1) is 16.0. The summed E-state index contributed by atoms with van der Waals surface area (Å²) in [5, 5.41) is 5.82. The third kappa shape index (κ3) is 5.52. The van der Waals surface area contributed by atoms with Crippen molar-refractivity contribution >= 4 is 22.7 Å². The molecule has 0 aliphatic rings. The number of carbonyl (C=O) groups excluding carboxylic acids is 2. The molecule has 3 rings (SSSR count). The van der Waals surface area contributed by atoms with E-state index in [1.54, 1.807) is 36.4 Å². The van der Waals surface area contributed by atoms with Crippen LogP contribution in [0.15, 0.2) is 53.3 Å². The average Bonchev–Trinajstić information content (AvgIpc) is 2.84. The molecule has 1 unspecified atom stereocenters. The van der Waals surface area contributed by atoms with Crippen molar-refractivity contribution in [2.24, 2.45) is 0 Å². The molecule has 0 bridgehead atoms. The number of unbranched alkanes of at least 4 members (excludes halogenated alkanes) is 2. The topological polar surface area (TPSA) is 110 Å². The maximum atomic E-state index is 13.0. The Hall–Kier alpha value is -3.81. The maximum Gasteiger partial charge on any atom is 0.261 e. The third-order valence-electron chi connectivity index (χ3n) is 5.31. The summed E-state index contributed by atoms with van der Waals surface area (Å²) in [5.74, 6) is -0.116. The number of fused-ring (bicyclic) bond motifs is 1. The standard InChI is InChI=1S/C25H29N3O5/c1-4-5-9-14-33-22-19(32-3)13-12-17-15-18(23(29)27-20(17)22)24(30)28-21(25(31)26-2)16-10-7-6-8-11-16/h6-8,10-13,15,21H,4-5,9,14H2,1-3H3,(H,26,31)(H,27,29)(H,28,30). The van der Waals surface area contributed by atoms with Gasteiger partial charge in [-0.15, -0.1) is 0 Å². The molecule has 0 fully saturated rings. The lowest BCUT2D eigenvalue weighted by atomic mass is 10.1. The first kappa shape index (κ1) is 23.8. The van der Waals surface area contributed by atoms with Crippen molar-refractivity contribution in [1.82, 2.24) is 15.6 Å². The number of hydrogen-bond acceptors (Lipinski definition) is 5. The molecule has 2 amide bonds. The number of ether oxygens (including phenoxy) is 2. The highest BCUT2D eigenvalue weighted by Gasteiger charge is 2.24. The van der Waals surface area contributed by atoms with Crippen LogP contribution in [-0.4, -0.2) is 37.6 Å². The molecule has 0 aliphatic carbocycles. The second-order valence-corrected chi connectivity index (χ2v) is 7.56. The second kappa shape index (κ2) is 11.2. The lowest BCUT2D eigenvalue weighted by Crippen LogP contribution is -2.40. The number of benzene rings is 2. The van der Waals surface area contributed by atoms with E-state index in [1.807, 2.05) is 6.07 Å². The van der Waals surface area contributed by atoms with E-state index in [-0.39, 0.29) is 11.5 Å². The van der Waals surface area contributed by atoms with Crippen LogP contribution < -0.4 is 25.7 Å². The molecule has 1 heterocycles. The fourth-order valence-electron chi connectivity index (χ4n) is 3.53. The zero-order valence-corrected chi connectivity index (χ0v) is 19.1. The molecule has 0 aliphatic heterocycles. The monoisotopic (exact) mass is 451 g/mol. The minimum Gasteiger partial charge on any atom is -0.493 e. The van der Waals surface area contributed by atoms with Gasteiger partial charge in [0.15, 0.2) is 11.5 Å². The predicted octanol–water partition coefficient (Wildman–Crippen LogP) is 3.32. The molecule has 3 aromatic rings. The van der Waals surface area contributed by atoms with E-state index in [9.17, 15) is 14.4 Å².